The second-order valence-electron chi connectivity index (χ2n) is 6.24. The summed E-state index contributed by atoms with van der Waals surface area (Å²) in [4.78, 5) is 12.5. The summed E-state index contributed by atoms with van der Waals surface area (Å²) in [5.41, 5.74) is 1.96. The molecule has 0 aliphatic carbocycles. The number of halogens is 4. The minimum absolute atomic E-state index is 0.216. The van der Waals surface area contributed by atoms with Crippen molar-refractivity contribution in [1.82, 2.24) is 0 Å². The van der Waals surface area contributed by atoms with Crippen LogP contribution in [0.25, 0.3) is 6.08 Å². The molecule has 0 fully saturated rings. The number of allylic oxidation sites excluding steroid dienone is 1. The Morgan fingerprint density at radius 3 is 2.27 bits per heavy atom. The van der Waals surface area contributed by atoms with E-state index in [0.717, 1.165) is 5.56 Å². The summed E-state index contributed by atoms with van der Waals surface area (Å²) in [6.07, 6.45) is 3.11. The highest BCUT2D eigenvalue weighted by Gasteiger charge is 2.11. The van der Waals surface area contributed by atoms with Gasteiger partial charge in [0.1, 0.15) is 6.61 Å². The Hall–Kier alpha value is -2.17. The zero-order valence-corrected chi connectivity index (χ0v) is 18.8. The van der Waals surface area contributed by atoms with Crippen molar-refractivity contribution < 1.29 is 14.3 Å². The molecule has 0 aromatic heterocycles. The van der Waals surface area contributed by atoms with Crippen LogP contribution in [0.1, 0.15) is 21.5 Å². The Kier molecular flexibility index (Phi) is 7.68. The van der Waals surface area contributed by atoms with Crippen LogP contribution in [0.2, 0.25) is 20.1 Å². The molecule has 30 heavy (non-hydrogen) atoms. The first kappa shape index (κ1) is 22.5. The molecule has 0 saturated heterocycles. The molecule has 3 rings (SSSR count). The Labute approximate surface area is 194 Å². The zero-order valence-electron chi connectivity index (χ0n) is 15.8. The van der Waals surface area contributed by atoms with Crippen molar-refractivity contribution in [2.24, 2.45) is 0 Å². The van der Waals surface area contributed by atoms with E-state index in [4.69, 9.17) is 55.9 Å². The van der Waals surface area contributed by atoms with Gasteiger partial charge in [0.15, 0.2) is 17.3 Å². The number of rotatable bonds is 7. The molecular weight excluding hydrogens is 466 g/mol. The van der Waals surface area contributed by atoms with Crippen molar-refractivity contribution in [3.63, 3.8) is 0 Å². The van der Waals surface area contributed by atoms with Crippen molar-refractivity contribution in [3.05, 3.63) is 97.5 Å². The lowest BCUT2D eigenvalue weighted by atomic mass is 10.1. The first-order valence-electron chi connectivity index (χ1n) is 8.80. The van der Waals surface area contributed by atoms with E-state index in [2.05, 4.69) is 0 Å². The summed E-state index contributed by atoms with van der Waals surface area (Å²) in [6.45, 7) is 0.249. The van der Waals surface area contributed by atoms with E-state index < -0.39 is 0 Å². The topological polar surface area (TPSA) is 35.5 Å². The fraction of sp³-hybridized carbons (Fsp3) is 0.0870. The Balaban J connectivity index is 1.83. The van der Waals surface area contributed by atoms with Gasteiger partial charge in [0.05, 0.1) is 27.2 Å². The first-order chi connectivity index (χ1) is 14.4. The van der Waals surface area contributed by atoms with Crippen LogP contribution in [-0.4, -0.2) is 12.9 Å². The van der Waals surface area contributed by atoms with Crippen molar-refractivity contribution in [2.45, 2.75) is 6.61 Å². The molecule has 0 N–H and O–H groups in total. The van der Waals surface area contributed by atoms with Gasteiger partial charge in [0.25, 0.3) is 0 Å². The van der Waals surface area contributed by atoms with E-state index in [9.17, 15) is 4.79 Å². The van der Waals surface area contributed by atoms with Crippen LogP contribution < -0.4 is 9.47 Å². The molecule has 3 aromatic carbocycles. The van der Waals surface area contributed by atoms with Crippen molar-refractivity contribution >= 4 is 58.3 Å². The van der Waals surface area contributed by atoms with E-state index in [0.29, 0.717) is 42.7 Å². The van der Waals surface area contributed by atoms with Crippen molar-refractivity contribution in [1.29, 1.82) is 0 Å². The lowest BCUT2D eigenvalue weighted by Gasteiger charge is -2.14. The molecule has 0 radical (unpaired) electrons. The summed E-state index contributed by atoms with van der Waals surface area (Å²) in [6, 6.07) is 15.4. The molecule has 7 heteroatoms. The highest BCUT2D eigenvalue weighted by Crippen LogP contribution is 2.33. The third kappa shape index (κ3) is 5.50. The molecular formula is C23H16Cl4O3. The van der Waals surface area contributed by atoms with Crippen LogP contribution >= 0.6 is 46.4 Å². The van der Waals surface area contributed by atoms with E-state index in [1.807, 2.05) is 18.2 Å². The lowest BCUT2D eigenvalue weighted by Crippen LogP contribution is -2.00. The van der Waals surface area contributed by atoms with Gasteiger partial charge in [-0.05, 0) is 54.1 Å². The van der Waals surface area contributed by atoms with Crippen LogP contribution in [0.3, 0.4) is 0 Å². The minimum Gasteiger partial charge on any atom is -0.493 e. The lowest BCUT2D eigenvalue weighted by molar-refractivity contribution is 0.104. The quantitative estimate of drug-likeness (QED) is 0.255. The number of ether oxygens (including phenoxy) is 2. The largest absolute Gasteiger partial charge is 0.493 e. The maximum absolute atomic E-state index is 12.5. The van der Waals surface area contributed by atoms with Crippen molar-refractivity contribution in [2.75, 3.05) is 7.11 Å². The summed E-state index contributed by atoms with van der Waals surface area (Å²) < 4.78 is 11.4. The van der Waals surface area contributed by atoms with Gasteiger partial charge in [0.2, 0.25) is 0 Å². The van der Waals surface area contributed by atoms with Crippen LogP contribution in [0.4, 0.5) is 0 Å². The van der Waals surface area contributed by atoms with Gasteiger partial charge in [-0.3, -0.25) is 4.79 Å². The third-order valence-corrected chi connectivity index (χ3v) is 5.69. The molecule has 0 heterocycles. The van der Waals surface area contributed by atoms with Crippen LogP contribution in [0, 0.1) is 0 Å². The number of hydrogen-bond acceptors (Lipinski definition) is 3. The Bertz CT molecular complexity index is 1110. The number of para-hydroxylation sites is 1. The molecule has 3 aromatic rings. The molecule has 154 valence electrons. The monoisotopic (exact) mass is 480 g/mol. The minimum atomic E-state index is -0.216. The molecule has 0 aliphatic heterocycles. The van der Waals surface area contributed by atoms with Gasteiger partial charge >= 0.3 is 0 Å². The fourth-order valence-electron chi connectivity index (χ4n) is 2.68. The van der Waals surface area contributed by atoms with Crippen LogP contribution in [0.5, 0.6) is 11.5 Å². The zero-order chi connectivity index (χ0) is 21.7. The number of benzene rings is 3. The van der Waals surface area contributed by atoms with Gasteiger partial charge in [-0.25, -0.2) is 0 Å². The Morgan fingerprint density at radius 1 is 0.900 bits per heavy atom. The highest BCUT2D eigenvalue weighted by molar-refractivity contribution is 6.42. The average Bonchev–Trinajstić information content (AvgIpc) is 2.74. The smallest absolute Gasteiger partial charge is 0.185 e. The molecule has 0 atom stereocenters. The van der Waals surface area contributed by atoms with E-state index >= 15 is 0 Å². The summed E-state index contributed by atoms with van der Waals surface area (Å²) in [7, 11) is 1.55. The predicted octanol–water partition coefficient (Wildman–Crippen LogP) is 7.78. The SMILES string of the molecule is COc1cccc(/C=C/C(=O)c2ccc(Cl)c(Cl)c2)c1OCc1ccc(Cl)c(Cl)c1. The van der Waals surface area contributed by atoms with Gasteiger partial charge in [-0.1, -0.05) is 64.6 Å². The number of hydrogen-bond donors (Lipinski definition) is 0. The summed E-state index contributed by atoms with van der Waals surface area (Å²) in [5.74, 6) is 0.829. The van der Waals surface area contributed by atoms with Crippen molar-refractivity contribution in [3.8, 4) is 11.5 Å². The standard InChI is InChI=1S/C23H16Cl4O3/c1-29-22-4-2-3-15(7-10-21(28)16-6-9-18(25)20(27)12-16)23(22)30-13-14-5-8-17(24)19(26)11-14/h2-12H,13H2,1H3/b10-7+. The van der Waals surface area contributed by atoms with Gasteiger partial charge in [0, 0.05) is 11.1 Å². The van der Waals surface area contributed by atoms with E-state index in [-0.39, 0.29) is 12.4 Å². The third-order valence-electron chi connectivity index (χ3n) is 4.21. The second-order valence-corrected chi connectivity index (χ2v) is 7.87. The number of ketones is 1. The van der Waals surface area contributed by atoms with Crippen LogP contribution in [0.15, 0.2) is 60.7 Å². The van der Waals surface area contributed by atoms with E-state index in [1.165, 1.54) is 12.1 Å². The fourth-order valence-corrected chi connectivity index (χ4v) is 3.29. The molecule has 0 unspecified atom stereocenters. The highest BCUT2D eigenvalue weighted by atomic mass is 35.5. The summed E-state index contributed by atoms with van der Waals surface area (Å²) >= 11 is 23.9. The molecule has 0 spiro atoms. The molecule has 0 saturated carbocycles. The Morgan fingerprint density at radius 2 is 1.60 bits per heavy atom. The molecule has 0 bridgehead atoms. The molecule has 0 aliphatic rings. The predicted molar refractivity (Wildman–Crippen MR) is 124 cm³/mol. The normalized spacial score (nSPS) is 11.0. The van der Waals surface area contributed by atoms with Gasteiger partial charge < -0.3 is 9.47 Å². The first-order valence-corrected chi connectivity index (χ1v) is 10.3. The van der Waals surface area contributed by atoms with Gasteiger partial charge in [-0.2, -0.15) is 0 Å². The number of carbonyl (C=O) groups excluding carboxylic acids is 1. The van der Waals surface area contributed by atoms with Crippen LogP contribution in [-0.2, 0) is 6.61 Å². The second kappa shape index (κ2) is 10.2. The number of methoxy groups -OCH3 is 1. The van der Waals surface area contributed by atoms with E-state index in [1.54, 1.807) is 43.5 Å². The maximum atomic E-state index is 12.5. The molecule has 0 amide bonds. The maximum Gasteiger partial charge on any atom is 0.185 e. The molecule has 3 nitrogen and oxygen atoms in total. The average molecular weight is 482 g/mol. The van der Waals surface area contributed by atoms with Gasteiger partial charge in [-0.15, -0.1) is 0 Å². The summed E-state index contributed by atoms with van der Waals surface area (Å²) in [5, 5.41) is 1.64. The number of carbonyl (C=O) groups is 1.